The molecule has 0 unspecified atom stereocenters. The third-order valence-corrected chi connectivity index (χ3v) is 3.11. The number of nitrogens with two attached hydrogens (primary N) is 1. The van der Waals surface area contributed by atoms with Crippen molar-refractivity contribution in [1.82, 2.24) is 10.2 Å². The maximum atomic E-state index is 5.47. The predicted octanol–water partition coefficient (Wildman–Crippen LogP) is 2.51. The molecule has 1 heterocycles. The molecule has 3 N–H and O–H groups in total. The van der Waals surface area contributed by atoms with Crippen LogP contribution in [-0.2, 0) is 6.42 Å². The van der Waals surface area contributed by atoms with E-state index in [1.165, 1.54) is 5.56 Å². The number of hydrogen-bond acceptors (Lipinski definition) is 4. The Bertz CT molecular complexity index is 695. The molecule has 4 heteroatoms. The van der Waals surface area contributed by atoms with Crippen LogP contribution in [0.1, 0.15) is 11.3 Å². The van der Waals surface area contributed by atoms with E-state index in [9.17, 15) is 0 Å². The number of nitrogens with one attached hydrogen (secondary N) is 1. The van der Waals surface area contributed by atoms with Crippen LogP contribution < -0.4 is 11.3 Å². The molecule has 0 fully saturated rings. The predicted molar refractivity (Wildman–Crippen MR) is 76.6 cm³/mol. The van der Waals surface area contributed by atoms with Crippen molar-refractivity contribution >= 4 is 16.6 Å². The maximum absolute atomic E-state index is 5.47. The molecule has 2 aromatic carbocycles. The SMILES string of the molecule is NNc1nnc(Cc2ccccc2)c2ccccc12. The summed E-state index contributed by atoms with van der Waals surface area (Å²) in [4.78, 5) is 0. The van der Waals surface area contributed by atoms with Crippen LogP contribution in [0.25, 0.3) is 10.8 Å². The van der Waals surface area contributed by atoms with Gasteiger partial charge in [-0.15, -0.1) is 5.10 Å². The van der Waals surface area contributed by atoms with Crippen LogP contribution in [0.3, 0.4) is 0 Å². The Morgan fingerprint density at radius 3 is 2.26 bits per heavy atom. The Balaban J connectivity index is 2.10. The zero-order valence-corrected chi connectivity index (χ0v) is 10.4. The van der Waals surface area contributed by atoms with Gasteiger partial charge >= 0.3 is 0 Å². The highest BCUT2D eigenvalue weighted by Crippen LogP contribution is 2.23. The van der Waals surface area contributed by atoms with Gasteiger partial charge in [0.05, 0.1) is 5.69 Å². The molecule has 0 bridgehead atoms. The molecule has 0 amide bonds. The van der Waals surface area contributed by atoms with Crippen LogP contribution in [0.4, 0.5) is 5.82 Å². The van der Waals surface area contributed by atoms with Gasteiger partial charge in [-0.1, -0.05) is 54.6 Å². The lowest BCUT2D eigenvalue weighted by Gasteiger charge is -2.08. The van der Waals surface area contributed by atoms with Crippen molar-refractivity contribution in [3.8, 4) is 0 Å². The topological polar surface area (TPSA) is 63.8 Å². The molecule has 0 saturated heterocycles. The minimum atomic E-state index is 0.604. The van der Waals surface area contributed by atoms with Gasteiger partial charge < -0.3 is 5.43 Å². The van der Waals surface area contributed by atoms with Gasteiger partial charge in [0.2, 0.25) is 0 Å². The van der Waals surface area contributed by atoms with Crippen LogP contribution in [-0.4, -0.2) is 10.2 Å². The minimum absolute atomic E-state index is 0.604. The molecular formula is C15H14N4. The second-order valence-electron chi connectivity index (χ2n) is 4.35. The zero-order chi connectivity index (χ0) is 13.1. The van der Waals surface area contributed by atoms with Crippen molar-refractivity contribution in [2.75, 3.05) is 5.43 Å². The Labute approximate surface area is 111 Å². The summed E-state index contributed by atoms with van der Waals surface area (Å²) >= 11 is 0. The Morgan fingerprint density at radius 1 is 0.842 bits per heavy atom. The van der Waals surface area contributed by atoms with E-state index in [0.29, 0.717) is 5.82 Å². The second kappa shape index (κ2) is 5.04. The van der Waals surface area contributed by atoms with Gasteiger partial charge in [0.15, 0.2) is 5.82 Å². The monoisotopic (exact) mass is 250 g/mol. The molecule has 3 rings (SSSR count). The van der Waals surface area contributed by atoms with Crippen molar-refractivity contribution in [3.05, 3.63) is 65.9 Å². The average Bonchev–Trinajstić information content (AvgIpc) is 2.49. The molecule has 0 saturated carbocycles. The molecule has 0 aliphatic heterocycles. The fourth-order valence-corrected chi connectivity index (χ4v) is 2.19. The molecule has 3 aromatic rings. The summed E-state index contributed by atoms with van der Waals surface area (Å²) in [6.07, 6.45) is 0.763. The summed E-state index contributed by atoms with van der Waals surface area (Å²) in [5.74, 6) is 6.07. The van der Waals surface area contributed by atoms with E-state index >= 15 is 0 Å². The van der Waals surface area contributed by atoms with Gasteiger partial charge in [-0.05, 0) is 5.56 Å². The molecule has 4 nitrogen and oxygen atoms in total. The zero-order valence-electron chi connectivity index (χ0n) is 10.4. The van der Waals surface area contributed by atoms with E-state index in [-0.39, 0.29) is 0 Å². The number of rotatable bonds is 3. The van der Waals surface area contributed by atoms with Crippen LogP contribution >= 0.6 is 0 Å². The van der Waals surface area contributed by atoms with Gasteiger partial charge in [-0.2, -0.15) is 5.10 Å². The molecule has 94 valence electrons. The molecule has 0 radical (unpaired) electrons. The van der Waals surface area contributed by atoms with E-state index in [0.717, 1.165) is 22.9 Å². The third kappa shape index (κ3) is 2.26. The standard InChI is InChI=1S/C15H14N4/c16-17-15-13-9-5-4-8-12(13)14(18-19-15)10-11-6-2-1-3-7-11/h1-9H,10,16H2,(H,17,19). The van der Waals surface area contributed by atoms with Gasteiger partial charge in [-0.25, -0.2) is 5.84 Å². The molecular weight excluding hydrogens is 236 g/mol. The lowest BCUT2D eigenvalue weighted by Crippen LogP contribution is -2.11. The largest absolute Gasteiger partial charge is 0.306 e. The number of aromatic nitrogens is 2. The molecule has 0 spiro atoms. The molecule has 0 aliphatic carbocycles. The summed E-state index contributed by atoms with van der Waals surface area (Å²) in [6, 6.07) is 18.3. The van der Waals surface area contributed by atoms with E-state index in [4.69, 9.17) is 5.84 Å². The van der Waals surface area contributed by atoms with Crippen molar-refractivity contribution < 1.29 is 0 Å². The highest BCUT2D eigenvalue weighted by Gasteiger charge is 2.08. The first-order valence-corrected chi connectivity index (χ1v) is 6.13. The van der Waals surface area contributed by atoms with Gasteiger partial charge in [0.25, 0.3) is 0 Å². The van der Waals surface area contributed by atoms with Crippen LogP contribution in [0.15, 0.2) is 54.6 Å². The van der Waals surface area contributed by atoms with Crippen molar-refractivity contribution in [2.24, 2.45) is 5.84 Å². The van der Waals surface area contributed by atoms with Crippen LogP contribution in [0, 0.1) is 0 Å². The number of hydrogen-bond donors (Lipinski definition) is 2. The van der Waals surface area contributed by atoms with Crippen LogP contribution in [0.2, 0.25) is 0 Å². The molecule has 19 heavy (non-hydrogen) atoms. The lowest BCUT2D eigenvalue weighted by molar-refractivity contribution is 0.955. The third-order valence-electron chi connectivity index (χ3n) is 3.11. The number of nitrogens with zero attached hydrogens (tertiary/aromatic N) is 2. The van der Waals surface area contributed by atoms with Gasteiger partial charge in [-0.3, -0.25) is 0 Å². The summed E-state index contributed by atoms with van der Waals surface area (Å²) < 4.78 is 0. The molecule has 1 aromatic heterocycles. The highest BCUT2D eigenvalue weighted by molar-refractivity contribution is 5.92. The number of hydrazine groups is 1. The van der Waals surface area contributed by atoms with Gasteiger partial charge in [0, 0.05) is 17.2 Å². The average molecular weight is 250 g/mol. The first kappa shape index (κ1) is 11.6. The van der Waals surface area contributed by atoms with Crippen molar-refractivity contribution in [2.45, 2.75) is 6.42 Å². The summed E-state index contributed by atoms with van der Waals surface area (Å²) in [6.45, 7) is 0. The number of benzene rings is 2. The van der Waals surface area contributed by atoms with E-state index in [1.807, 2.05) is 42.5 Å². The van der Waals surface area contributed by atoms with E-state index < -0.39 is 0 Å². The van der Waals surface area contributed by atoms with Crippen molar-refractivity contribution in [1.29, 1.82) is 0 Å². The maximum Gasteiger partial charge on any atom is 0.170 e. The first-order chi connectivity index (χ1) is 9.38. The van der Waals surface area contributed by atoms with Crippen LogP contribution in [0.5, 0.6) is 0 Å². The number of nitrogen functional groups attached to an aromatic ring is 1. The quantitative estimate of drug-likeness (QED) is 0.554. The normalized spacial score (nSPS) is 10.6. The molecule has 0 atom stereocenters. The van der Waals surface area contributed by atoms with E-state index in [1.54, 1.807) is 0 Å². The smallest absolute Gasteiger partial charge is 0.170 e. The van der Waals surface area contributed by atoms with E-state index in [2.05, 4.69) is 27.8 Å². The lowest BCUT2D eigenvalue weighted by atomic mass is 10.0. The summed E-state index contributed by atoms with van der Waals surface area (Å²) in [5.41, 5.74) is 4.76. The first-order valence-electron chi connectivity index (χ1n) is 6.13. The fraction of sp³-hybridized carbons (Fsp3) is 0.0667. The Hall–Kier alpha value is -2.46. The Kier molecular flexibility index (Phi) is 3.08. The van der Waals surface area contributed by atoms with Crippen molar-refractivity contribution in [3.63, 3.8) is 0 Å². The second-order valence-corrected chi connectivity index (χ2v) is 4.35. The number of fused-ring (bicyclic) bond motifs is 1. The summed E-state index contributed by atoms with van der Waals surface area (Å²) in [7, 11) is 0. The molecule has 0 aliphatic rings. The fourth-order valence-electron chi connectivity index (χ4n) is 2.19. The Morgan fingerprint density at radius 2 is 1.53 bits per heavy atom. The minimum Gasteiger partial charge on any atom is -0.306 e. The number of anilines is 1. The van der Waals surface area contributed by atoms with Gasteiger partial charge in [0.1, 0.15) is 0 Å². The summed E-state index contributed by atoms with van der Waals surface area (Å²) in [5, 5.41) is 10.5. The highest BCUT2D eigenvalue weighted by atomic mass is 15.3.